The number of hydrogen-bond donors (Lipinski definition) is 2. The Labute approximate surface area is 129 Å². The summed E-state index contributed by atoms with van der Waals surface area (Å²) in [4.78, 5) is 0. The Hall–Kier alpha value is -1.02. The lowest BCUT2D eigenvalue weighted by molar-refractivity contribution is -0.179. The van der Waals surface area contributed by atoms with Gasteiger partial charge in [-0.15, -0.1) is 0 Å². The molecule has 2 heterocycles. The van der Waals surface area contributed by atoms with E-state index in [0.29, 0.717) is 13.2 Å². The monoisotopic (exact) mass is 310 g/mol. The molecule has 6 nitrogen and oxygen atoms in total. The van der Waals surface area contributed by atoms with Gasteiger partial charge in [0.1, 0.15) is 24.4 Å². The molecule has 122 valence electrons. The average Bonchev–Trinajstić information content (AvgIpc) is 2.99. The van der Waals surface area contributed by atoms with Crippen molar-refractivity contribution < 1.29 is 29.2 Å². The molecule has 2 aliphatic heterocycles. The molecular formula is C16H22O6. The summed E-state index contributed by atoms with van der Waals surface area (Å²) in [6.07, 6.45) is -4.02. The molecule has 3 rings (SSSR count). The van der Waals surface area contributed by atoms with E-state index in [1.165, 1.54) is 0 Å². The molecule has 5 atom stereocenters. The van der Waals surface area contributed by atoms with E-state index in [0.717, 1.165) is 5.56 Å². The minimum atomic E-state index is -1.28. The van der Waals surface area contributed by atoms with Gasteiger partial charge >= 0.3 is 0 Å². The minimum absolute atomic E-state index is 0.326. The van der Waals surface area contributed by atoms with Crippen LogP contribution in [0.5, 0.6) is 0 Å². The van der Waals surface area contributed by atoms with E-state index < -0.39 is 30.4 Å². The van der Waals surface area contributed by atoms with E-state index >= 15 is 0 Å². The predicted molar refractivity (Wildman–Crippen MR) is 76.8 cm³/mol. The van der Waals surface area contributed by atoms with Crippen LogP contribution in [0.4, 0.5) is 0 Å². The quantitative estimate of drug-likeness (QED) is 0.857. The highest BCUT2D eigenvalue weighted by Gasteiger charge is 2.51. The smallest absolute Gasteiger partial charge is 0.184 e. The second-order valence-electron chi connectivity index (χ2n) is 6.11. The Morgan fingerprint density at radius 2 is 1.95 bits per heavy atom. The molecule has 2 saturated heterocycles. The average molecular weight is 310 g/mol. The van der Waals surface area contributed by atoms with E-state index in [2.05, 4.69) is 0 Å². The molecule has 0 bridgehead atoms. The highest BCUT2D eigenvalue weighted by molar-refractivity contribution is 5.13. The molecule has 0 spiro atoms. The molecule has 2 N–H and O–H groups in total. The van der Waals surface area contributed by atoms with Crippen LogP contribution in [0.3, 0.4) is 0 Å². The van der Waals surface area contributed by atoms with E-state index in [4.69, 9.17) is 18.9 Å². The zero-order valence-corrected chi connectivity index (χ0v) is 12.7. The molecule has 0 unspecified atom stereocenters. The van der Waals surface area contributed by atoms with Crippen molar-refractivity contribution >= 4 is 0 Å². The van der Waals surface area contributed by atoms with Gasteiger partial charge in [-0.05, 0) is 19.4 Å². The maximum atomic E-state index is 10.1. The van der Waals surface area contributed by atoms with Crippen molar-refractivity contribution in [1.29, 1.82) is 0 Å². The van der Waals surface area contributed by atoms with Gasteiger partial charge in [0.15, 0.2) is 12.1 Å². The van der Waals surface area contributed by atoms with Crippen LogP contribution in [-0.2, 0) is 25.6 Å². The highest BCUT2D eigenvalue weighted by Crippen LogP contribution is 2.33. The highest BCUT2D eigenvalue weighted by atomic mass is 16.8. The number of rotatable bonds is 4. The molecule has 0 aromatic heterocycles. The molecule has 2 aliphatic rings. The zero-order chi connectivity index (χ0) is 15.7. The van der Waals surface area contributed by atoms with Gasteiger partial charge in [0.25, 0.3) is 0 Å². The van der Waals surface area contributed by atoms with Gasteiger partial charge < -0.3 is 29.2 Å². The Morgan fingerprint density at radius 1 is 1.23 bits per heavy atom. The molecule has 2 fully saturated rings. The van der Waals surface area contributed by atoms with Crippen molar-refractivity contribution in [2.24, 2.45) is 0 Å². The molecule has 1 aromatic carbocycles. The molecule has 0 aliphatic carbocycles. The van der Waals surface area contributed by atoms with Gasteiger partial charge in [0.05, 0.1) is 13.2 Å². The van der Waals surface area contributed by atoms with E-state index in [1.807, 2.05) is 44.2 Å². The zero-order valence-electron chi connectivity index (χ0n) is 12.7. The van der Waals surface area contributed by atoms with Gasteiger partial charge in [0, 0.05) is 0 Å². The van der Waals surface area contributed by atoms with Crippen LogP contribution in [0.1, 0.15) is 19.4 Å². The molecule has 1 aromatic rings. The first-order valence-electron chi connectivity index (χ1n) is 7.45. The third kappa shape index (κ3) is 3.32. The predicted octanol–water partition coefficient (Wildman–Crippen LogP) is 0.801. The summed E-state index contributed by atoms with van der Waals surface area (Å²) in [6, 6.07) is 9.64. The Balaban J connectivity index is 1.66. The van der Waals surface area contributed by atoms with Gasteiger partial charge in [-0.1, -0.05) is 30.3 Å². The number of aliphatic hydroxyl groups is 2. The molecule has 22 heavy (non-hydrogen) atoms. The number of aliphatic hydroxyl groups excluding tert-OH is 2. The second kappa shape index (κ2) is 6.23. The summed E-state index contributed by atoms with van der Waals surface area (Å²) in [7, 11) is 0. The lowest BCUT2D eigenvalue weighted by Crippen LogP contribution is -2.42. The summed E-state index contributed by atoms with van der Waals surface area (Å²) in [5, 5.41) is 19.9. The first-order valence-corrected chi connectivity index (χ1v) is 7.45. The Bertz CT molecular complexity index is 491. The Morgan fingerprint density at radius 3 is 2.59 bits per heavy atom. The van der Waals surface area contributed by atoms with Gasteiger partial charge in [-0.25, -0.2) is 0 Å². The van der Waals surface area contributed by atoms with Crippen molar-refractivity contribution in [1.82, 2.24) is 0 Å². The number of hydrogen-bond acceptors (Lipinski definition) is 6. The van der Waals surface area contributed by atoms with Gasteiger partial charge in [-0.2, -0.15) is 0 Å². The summed E-state index contributed by atoms with van der Waals surface area (Å²) in [5.74, 6) is -0.698. The summed E-state index contributed by atoms with van der Waals surface area (Å²) in [6.45, 7) is 4.29. The fourth-order valence-corrected chi connectivity index (χ4v) is 2.81. The van der Waals surface area contributed by atoms with E-state index in [9.17, 15) is 10.2 Å². The summed E-state index contributed by atoms with van der Waals surface area (Å²) >= 11 is 0. The first-order chi connectivity index (χ1) is 10.5. The third-order valence-corrected chi connectivity index (χ3v) is 3.93. The summed E-state index contributed by atoms with van der Waals surface area (Å²) < 4.78 is 22.5. The van der Waals surface area contributed by atoms with Crippen LogP contribution < -0.4 is 0 Å². The van der Waals surface area contributed by atoms with Crippen molar-refractivity contribution in [2.45, 2.75) is 56.9 Å². The van der Waals surface area contributed by atoms with E-state index in [1.54, 1.807) is 0 Å². The maximum absolute atomic E-state index is 10.1. The van der Waals surface area contributed by atoms with Crippen LogP contribution in [0.25, 0.3) is 0 Å². The lowest BCUT2D eigenvalue weighted by atomic mass is 10.1. The second-order valence-corrected chi connectivity index (χ2v) is 6.11. The lowest BCUT2D eigenvalue weighted by Gasteiger charge is -2.25. The minimum Gasteiger partial charge on any atom is -0.385 e. The molecule has 6 heteroatoms. The topological polar surface area (TPSA) is 77.4 Å². The molecule has 0 radical (unpaired) electrons. The van der Waals surface area contributed by atoms with Crippen molar-refractivity contribution in [2.75, 3.05) is 6.61 Å². The molecular weight excluding hydrogens is 288 g/mol. The van der Waals surface area contributed by atoms with Crippen molar-refractivity contribution in [3.63, 3.8) is 0 Å². The first kappa shape index (κ1) is 15.9. The fraction of sp³-hybridized carbons (Fsp3) is 0.625. The van der Waals surface area contributed by atoms with Crippen LogP contribution >= 0.6 is 0 Å². The largest absolute Gasteiger partial charge is 0.385 e. The van der Waals surface area contributed by atoms with Crippen molar-refractivity contribution in [3.8, 4) is 0 Å². The van der Waals surface area contributed by atoms with Crippen LogP contribution in [-0.4, -0.2) is 53.3 Å². The number of ether oxygens (including phenoxy) is 4. The van der Waals surface area contributed by atoms with Gasteiger partial charge in [0.2, 0.25) is 0 Å². The van der Waals surface area contributed by atoms with E-state index in [-0.39, 0.29) is 6.10 Å². The van der Waals surface area contributed by atoms with Crippen LogP contribution in [0.2, 0.25) is 0 Å². The van der Waals surface area contributed by atoms with Crippen LogP contribution in [0.15, 0.2) is 30.3 Å². The number of benzene rings is 1. The van der Waals surface area contributed by atoms with Crippen LogP contribution in [0, 0.1) is 0 Å². The summed E-state index contributed by atoms with van der Waals surface area (Å²) in [5.41, 5.74) is 0.985. The van der Waals surface area contributed by atoms with Crippen molar-refractivity contribution in [3.05, 3.63) is 35.9 Å². The Kier molecular flexibility index (Phi) is 4.49. The molecule has 0 amide bonds. The normalized spacial score (nSPS) is 37.5. The standard InChI is InChI=1S/C16H22O6/c1-16(2)20-9-11(22-16)13-14(12(17)15(18)21-13)19-8-10-6-4-3-5-7-10/h3-7,11-15,17-18H,8-9H2,1-2H3/t11-,12-,13-,14-,15+/m1/s1. The fourth-order valence-electron chi connectivity index (χ4n) is 2.81. The third-order valence-electron chi connectivity index (χ3n) is 3.93. The SMILES string of the molecule is CC1(C)OC[C@H]([C@H]2O[C@H](O)[C@H](O)[C@H]2OCc2ccccc2)O1. The molecule has 0 saturated carbocycles. The maximum Gasteiger partial charge on any atom is 0.184 e. The van der Waals surface area contributed by atoms with Gasteiger partial charge in [-0.3, -0.25) is 0 Å².